The number of nitrogens with zero attached hydrogens (tertiary/aromatic N) is 5. The van der Waals surface area contributed by atoms with Crippen molar-refractivity contribution in [3.05, 3.63) is 57.0 Å². The summed E-state index contributed by atoms with van der Waals surface area (Å²) in [5, 5.41) is 23.4. The number of piperazine rings is 1. The first kappa shape index (κ1) is 18.5. The normalized spacial score (nSPS) is 14.3. The minimum atomic E-state index is -0.454. The van der Waals surface area contributed by atoms with Gasteiger partial charge in [0.2, 0.25) is 5.13 Å². The Morgan fingerprint density at radius 2 is 1.93 bits per heavy atom. The molecular weight excluding hydrogens is 398 g/mol. The number of hydrogen-bond acceptors (Lipinski definition) is 8. The molecule has 1 fully saturated rings. The van der Waals surface area contributed by atoms with Crippen LogP contribution in [0.15, 0.2) is 35.7 Å². The van der Waals surface area contributed by atoms with Crippen molar-refractivity contribution in [3.8, 4) is 9.88 Å². The fourth-order valence-corrected chi connectivity index (χ4v) is 4.86. The molecule has 1 amide bonds. The predicted octanol–water partition coefficient (Wildman–Crippen LogP) is 3.45. The molecule has 0 bridgehead atoms. The van der Waals surface area contributed by atoms with Crippen LogP contribution in [-0.4, -0.2) is 52.1 Å². The van der Waals surface area contributed by atoms with Gasteiger partial charge in [0.15, 0.2) is 5.01 Å². The number of hydrogen-bond donors (Lipinski definition) is 0. The highest BCUT2D eigenvalue weighted by Crippen LogP contribution is 2.32. The van der Waals surface area contributed by atoms with Gasteiger partial charge in [-0.05, 0) is 24.4 Å². The molecule has 10 heteroatoms. The van der Waals surface area contributed by atoms with Crippen molar-refractivity contribution in [1.29, 1.82) is 0 Å². The summed E-state index contributed by atoms with van der Waals surface area (Å²) in [6.07, 6.45) is 0. The predicted molar refractivity (Wildman–Crippen MR) is 109 cm³/mol. The third-order valence-corrected chi connectivity index (χ3v) is 6.74. The SMILES string of the molecule is Cc1c(C(=O)N2CCN(c3nnc(-c4cccs4)s3)CC2)cccc1[N+](=O)[O-]. The van der Waals surface area contributed by atoms with Crippen LogP contribution in [0, 0.1) is 17.0 Å². The number of nitro groups is 1. The number of thiophene rings is 1. The smallest absolute Gasteiger partial charge is 0.273 e. The first-order valence-corrected chi connectivity index (χ1v) is 10.4. The van der Waals surface area contributed by atoms with Crippen LogP contribution < -0.4 is 4.90 Å². The highest BCUT2D eigenvalue weighted by Gasteiger charge is 2.27. The van der Waals surface area contributed by atoms with Crippen LogP contribution >= 0.6 is 22.7 Å². The first-order chi connectivity index (χ1) is 13.5. The number of amides is 1. The van der Waals surface area contributed by atoms with Gasteiger partial charge in [-0.3, -0.25) is 14.9 Å². The summed E-state index contributed by atoms with van der Waals surface area (Å²) in [6.45, 7) is 4.00. The van der Waals surface area contributed by atoms with Crippen LogP contribution in [-0.2, 0) is 0 Å². The molecule has 0 saturated carbocycles. The van der Waals surface area contributed by atoms with Crippen molar-refractivity contribution in [1.82, 2.24) is 15.1 Å². The average molecular weight is 416 g/mol. The quantitative estimate of drug-likeness (QED) is 0.479. The Hall–Kier alpha value is -2.85. The molecule has 1 aliphatic heterocycles. The van der Waals surface area contributed by atoms with Gasteiger partial charge in [0.05, 0.1) is 9.80 Å². The zero-order chi connectivity index (χ0) is 19.7. The lowest BCUT2D eigenvalue weighted by atomic mass is 10.1. The second kappa shape index (κ2) is 7.64. The molecule has 2 aromatic heterocycles. The van der Waals surface area contributed by atoms with Gasteiger partial charge < -0.3 is 9.80 Å². The van der Waals surface area contributed by atoms with Gasteiger partial charge in [-0.25, -0.2) is 0 Å². The third kappa shape index (κ3) is 3.48. The number of nitro benzene ring substituents is 1. The number of benzene rings is 1. The summed E-state index contributed by atoms with van der Waals surface area (Å²) in [5.74, 6) is -0.169. The molecule has 1 aliphatic rings. The molecule has 0 atom stereocenters. The second-order valence-corrected chi connectivity index (χ2v) is 8.26. The lowest BCUT2D eigenvalue weighted by Gasteiger charge is -2.34. The molecule has 0 radical (unpaired) electrons. The Morgan fingerprint density at radius 1 is 1.14 bits per heavy atom. The topological polar surface area (TPSA) is 92.5 Å². The van der Waals surface area contributed by atoms with Crippen molar-refractivity contribution < 1.29 is 9.72 Å². The fraction of sp³-hybridized carbons (Fsp3) is 0.278. The summed E-state index contributed by atoms with van der Waals surface area (Å²) < 4.78 is 0. The van der Waals surface area contributed by atoms with Crippen LogP contribution in [0.2, 0.25) is 0 Å². The molecule has 0 unspecified atom stereocenters. The van der Waals surface area contributed by atoms with Crippen LogP contribution in [0.4, 0.5) is 10.8 Å². The van der Waals surface area contributed by atoms with Crippen molar-refractivity contribution in [3.63, 3.8) is 0 Å². The van der Waals surface area contributed by atoms with Crippen molar-refractivity contribution >= 4 is 39.4 Å². The van der Waals surface area contributed by atoms with Gasteiger partial charge in [-0.15, -0.1) is 21.5 Å². The summed E-state index contributed by atoms with van der Waals surface area (Å²) in [4.78, 5) is 28.5. The van der Waals surface area contributed by atoms with Crippen molar-refractivity contribution in [2.75, 3.05) is 31.1 Å². The van der Waals surface area contributed by atoms with E-state index in [-0.39, 0.29) is 11.6 Å². The first-order valence-electron chi connectivity index (χ1n) is 8.70. The van der Waals surface area contributed by atoms with Crippen LogP contribution in [0.5, 0.6) is 0 Å². The van der Waals surface area contributed by atoms with E-state index in [0.29, 0.717) is 37.3 Å². The lowest BCUT2D eigenvalue weighted by Crippen LogP contribution is -2.49. The summed E-state index contributed by atoms with van der Waals surface area (Å²) >= 11 is 3.18. The van der Waals surface area contributed by atoms with Gasteiger partial charge in [0, 0.05) is 43.4 Å². The number of anilines is 1. The number of rotatable bonds is 4. The number of carbonyl (C=O) groups excluding carboxylic acids is 1. The van der Waals surface area contributed by atoms with E-state index in [9.17, 15) is 14.9 Å². The van der Waals surface area contributed by atoms with E-state index in [1.807, 2.05) is 17.5 Å². The van der Waals surface area contributed by atoms with E-state index in [2.05, 4.69) is 15.1 Å². The Morgan fingerprint density at radius 3 is 2.61 bits per heavy atom. The molecule has 1 saturated heterocycles. The molecule has 8 nitrogen and oxygen atoms in total. The van der Waals surface area contributed by atoms with Crippen LogP contribution in [0.3, 0.4) is 0 Å². The van der Waals surface area contributed by atoms with Gasteiger partial charge in [0.25, 0.3) is 11.6 Å². The maximum absolute atomic E-state index is 12.9. The molecule has 144 valence electrons. The van der Waals surface area contributed by atoms with Gasteiger partial charge in [-0.2, -0.15) is 0 Å². The zero-order valence-electron chi connectivity index (χ0n) is 15.1. The monoisotopic (exact) mass is 415 g/mol. The molecule has 0 N–H and O–H groups in total. The highest BCUT2D eigenvalue weighted by molar-refractivity contribution is 7.22. The van der Waals surface area contributed by atoms with Crippen LogP contribution in [0.1, 0.15) is 15.9 Å². The lowest BCUT2D eigenvalue weighted by molar-refractivity contribution is -0.385. The van der Waals surface area contributed by atoms with E-state index in [1.165, 1.54) is 6.07 Å². The van der Waals surface area contributed by atoms with Crippen molar-refractivity contribution in [2.24, 2.45) is 0 Å². The Balaban J connectivity index is 1.44. The van der Waals surface area contributed by atoms with Crippen molar-refractivity contribution in [2.45, 2.75) is 6.92 Å². The molecule has 0 aliphatic carbocycles. The summed E-state index contributed by atoms with van der Waals surface area (Å²) in [5.41, 5.74) is 0.766. The standard InChI is InChI=1S/C18H17N5O3S2/c1-12-13(4-2-5-14(12)23(25)26)17(24)21-7-9-22(10-8-21)18-20-19-16(28-18)15-6-3-11-27-15/h2-6,11H,7-10H2,1H3. The number of carbonyl (C=O) groups is 1. The molecule has 4 rings (SSSR count). The molecule has 28 heavy (non-hydrogen) atoms. The van der Waals surface area contributed by atoms with Crippen LogP contribution in [0.25, 0.3) is 9.88 Å². The maximum atomic E-state index is 12.9. The fourth-order valence-electron chi connectivity index (χ4n) is 3.17. The van der Waals surface area contributed by atoms with Gasteiger partial charge in [-0.1, -0.05) is 23.5 Å². The highest BCUT2D eigenvalue weighted by atomic mass is 32.1. The second-order valence-electron chi connectivity index (χ2n) is 6.35. The molecular formula is C18H17N5O3S2. The zero-order valence-corrected chi connectivity index (χ0v) is 16.7. The Labute approximate surface area is 169 Å². The number of aromatic nitrogens is 2. The molecule has 0 spiro atoms. The molecule has 3 heterocycles. The van der Waals surface area contributed by atoms with Gasteiger partial charge >= 0.3 is 0 Å². The third-order valence-electron chi connectivity index (χ3n) is 4.72. The minimum Gasteiger partial charge on any atom is -0.343 e. The largest absolute Gasteiger partial charge is 0.343 e. The Bertz CT molecular complexity index is 1010. The van der Waals surface area contributed by atoms with E-state index in [0.717, 1.165) is 15.0 Å². The van der Waals surface area contributed by atoms with E-state index in [1.54, 1.807) is 46.6 Å². The molecule has 3 aromatic rings. The van der Waals surface area contributed by atoms with Gasteiger partial charge in [0.1, 0.15) is 0 Å². The molecule has 1 aromatic carbocycles. The Kier molecular flexibility index (Phi) is 5.05. The summed E-state index contributed by atoms with van der Waals surface area (Å²) in [7, 11) is 0. The minimum absolute atomic E-state index is 0.0283. The summed E-state index contributed by atoms with van der Waals surface area (Å²) in [6, 6.07) is 8.63. The van der Waals surface area contributed by atoms with E-state index < -0.39 is 4.92 Å². The van der Waals surface area contributed by atoms with E-state index in [4.69, 9.17) is 0 Å². The average Bonchev–Trinajstić information content (AvgIpc) is 3.39. The van der Waals surface area contributed by atoms with E-state index >= 15 is 0 Å². The maximum Gasteiger partial charge on any atom is 0.273 e.